The molecule has 2 aliphatic rings. The average molecular weight is 416 g/mol. The summed E-state index contributed by atoms with van der Waals surface area (Å²) in [5.74, 6) is 0.845. The molecule has 2 fully saturated rings. The van der Waals surface area contributed by atoms with Crippen molar-refractivity contribution in [1.29, 1.82) is 0 Å². The summed E-state index contributed by atoms with van der Waals surface area (Å²) in [4.78, 5) is 17.8. The van der Waals surface area contributed by atoms with E-state index >= 15 is 0 Å². The molecule has 160 valence electrons. The van der Waals surface area contributed by atoms with Crippen molar-refractivity contribution in [3.05, 3.63) is 72.1 Å². The topological polar surface area (TPSA) is 53.4 Å². The first-order valence-electron chi connectivity index (χ1n) is 11.1. The van der Waals surface area contributed by atoms with Crippen molar-refractivity contribution in [2.75, 3.05) is 42.9 Å². The Morgan fingerprint density at radius 2 is 1.81 bits per heavy atom. The van der Waals surface area contributed by atoms with Crippen LogP contribution in [0.1, 0.15) is 28.8 Å². The highest BCUT2D eigenvalue weighted by atomic mass is 16.1. The second-order valence-corrected chi connectivity index (χ2v) is 8.74. The number of benzene rings is 2. The van der Waals surface area contributed by atoms with Gasteiger partial charge >= 0.3 is 0 Å². The van der Waals surface area contributed by atoms with Gasteiger partial charge in [0, 0.05) is 55.9 Å². The quantitative estimate of drug-likeness (QED) is 0.662. The summed E-state index contributed by atoms with van der Waals surface area (Å²) in [6.45, 7) is 7.59. The Hall–Kier alpha value is -3.12. The van der Waals surface area contributed by atoms with Crippen molar-refractivity contribution in [3.8, 4) is 5.69 Å². The second-order valence-electron chi connectivity index (χ2n) is 8.74. The zero-order valence-corrected chi connectivity index (χ0v) is 18.0. The van der Waals surface area contributed by atoms with E-state index in [1.165, 1.54) is 25.1 Å². The van der Waals surface area contributed by atoms with Crippen LogP contribution in [0.4, 0.5) is 11.4 Å². The zero-order valence-electron chi connectivity index (χ0n) is 18.0. The van der Waals surface area contributed by atoms with E-state index in [1.54, 1.807) is 0 Å². The van der Waals surface area contributed by atoms with Crippen LogP contribution in [0.3, 0.4) is 0 Å². The molecule has 1 aromatic heterocycles. The Balaban J connectivity index is 1.20. The Labute approximate surface area is 183 Å². The average Bonchev–Trinajstić information content (AvgIpc) is 3.51. The minimum absolute atomic E-state index is 0.102. The normalized spacial score (nSPS) is 17.0. The molecule has 3 aromatic rings. The minimum atomic E-state index is -0.102. The fourth-order valence-corrected chi connectivity index (χ4v) is 4.16. The summed E-state index contributed by atoms with van der Waals surface area (Å²) in [5.41, 5.74) is 4.67. The summed E-state index contributed by atoms with van der Waals surface area (Å²) < 4.78 is 1.81. The van der Waals surface area contributed by atoms with E-state index in [0.717, 1.165) is 49.0 Å². The number of aryl methyl sites for hydroxylation is 1. The fourth-order valence-electron chi connectivity index (χ4n) is 4.16. The molecule has 31 heavy (non-hydrogen) atoms. The Kier molecular flexibility index (Phi) is 5.47. The number of carbonyl (C=O) groups is 1. The van der Waals surface area contributed by atoms with Crippen LogP contribution in [0.5, 0.6) is 0 Å². The van der Waals surface area contributed by atoms with Crippen LogP contribution in [0.25, 0.3) is 5.69 Å². The number of anilines is 2. The molecule has 1 saturated heterocycles. The SMILES string of the molecule is Cc1cnn(-c2ccc(C(=O)Nc3cccc(N4CCN(CC5CC5)CC4)c3)cc2)c1. The molecule has 2 heterocycles. The number of nitrogens with one attached hydrogen (secondary N) is 1. The van der Waals surface area contributed by atoms with Gasteiger partial charge in [0.1, 0.15) is 0 Å². The van der Waals surface area contributed by atoms with E-state index in [2.05, 4.69) is 32.3 Å². The summed E-state index contributed by atoms with van der Waals surface area (Å²) >= 11 is 0. The molecule has 0 unspecified atom stereocenters. The number of hydrogen-bond acceptors (Lipinski definition) is 4. The molecule has 1 aliphatic carbocycles. The molecule has 5 rings (SSSR count). The lowest BCUT2D eigenvalue weighted by Gasteiger charge is -2.36. The maximum Gasteiger partial charge on any atom is 0.255 e. The fraction of sp³-hybridized carbons (Fsp3) is 0.360. The van der Waals surface area contributed by atoms with Gasteiger partial charge in [0.25, 0.3) is 5.91 Å². The van der Waals surface area contributed by atoms with Gasteiger partial charge in [-0.3, -0.25) is 9.69 Å². The lowest BCUT2D eigenvalue weighted by molar-refractivity contribution is 0.102. The van der Waals surface area contributed by atoms with Gasteiger partial charge in [0.2, 0.25) is 0 Å². The smallest absolute Gasteiger partial charge is 0.255 e. The molecule has 1 saturated carbocycles. The van der Waals surface area contributed by atoms with Crippen molar-refractivity contribution in [3.63, 3.8) is 0 Å². The van der Waals surface area contributed by atoms with Crippen LogP contribution in [0.2, 0.25) is 0 Å². The van der Waals surface area contributed by atoms with Gasteiger partial charge in [-0.2, -0.15) is 5.10 Å². The molecule has 0 bridgehead atoms. The Morgan fingerprint density at radius 3 is 2.48 bits per heavy atom. The van der Waals surface area contributed by atoms with Crippen LogP contribution < -0.4 is 10.2 Å². The molecule has 6 heteroatoms. The number of amides is 1. The van der Waals surface area contributed by atoms with Crippen molar-refractivity contribution in [1.82, 2.24) is 14.7 Å². The molecule has 0 radical (unpaired) electrons. The number of nitrogens with zero attached hydrogens (tertiary/aromatic N) is 4. The third-order valence-electron chi connectivity index (χ3n) is 6.16. The number of aromatic nitrogens is 2. The maximum absolute atomic E-state index is 12.8. The second kappa shape index (κ2) is 8.55. The number of rotatable bonds is 6. The molecule has 6 nitrogen and oxygen atoms in total. The van der Waals surface area contributed by atoms with E-state index in [9.17, 15) is 4.79 Å². The van der Waals surface area contributed by atoms with Gasteiger partial charge in [-0.05, 0) is 73.7 Å². The van der Waals surface area contributed by atoms with Crippen LogP contribution in [0.15, 0.2) is 60.9 Å². The molecule has 1 N–H and O–H groups in total. The van der Waals surface area contributed by atoms with Crippen LogP contribution in [0, 0.1) is 12.8 Å². The standard InChI is InChI=1S/C25H29N5O/c1-19-16-26-30(17-19)23-9-7-21(8-10-23)25(31)27-22-3-2-4-24(15-22)29-13-11-28(12-14-29)18-20-5-6-20/h2-4,7-10,15-17,20H,5-6,11-14,18H2,1H3,(H,27,31). The van der Waals surface area contributed by atoms with Gasteiger partial charge in [-0.1, -0.05) is 6.07 Å². The Morgan fingerprint density at radius 1 is 1.03 bits per heavy atom. The van der Waals surface area contributed by atoms with Gasteiger partial charge in [-0.15, -0.1) is 0 Å². The first-order chi connectivity index (χ1) is 15.1. The minimum Gasteiger partial charge on any atom is -0.369 e. The van der Waals surface area contributed by atoms with Gasteiger partial charge in [0.15, 0.2) is 0 Å². The van der Waals surface area contributed by atoms with Crippen LogP contribution >= 0.6 is 0 Å². The van der Waals surface area contributed by atoms with Crippen molar-refractivity contribution < 1.29 is 4.79 Å². The molecular formula is C25H29N5O. The number of hydrogen-bond donors (Lipinski definition) is 1. The van der Waals surface area contributed by atoms with E-state index in [0.29, 0.717) is 5.56 Å². The van der Waals surface area contributed by atoms with E-state index < -0.39 is 0 Å². The maximum atomic E-state index is 12.8. The summed E-state index contributed by atoms with van der Waals surface area (Å²) in [5, 5.41) is 7.36. The van der Waals surface area contributed by atoms with Gasteiger partial charge < -0.3 is 10.2 Å². The lowest BCUT2D eigenvalue weighted by Crippen LogP contribution is -2.47. The first-order valence-corrected chi connectivity index (χ1v) is 11.1. The number of carbonyl (C=O) groups excluding carboxylic acids is 1. The Bertz CT molecular complexity index is 1050. The zero-order chi connectivity index (χ0) is 21.2. The molecule has 1 aliphatic heterocycles. The highest BCUT2D eigenvalue weighted by Gasteiger charge is 2.26. The monoisotopic (exact) mass is 415 g/mol. The third kappa shape index (κ3) is 4.80. The van der Waals surface area contributed by atoms with Crippen LogP contribution in [-0.4, -0.2) is 53.3 Å². The van der Waals surface area contributed by atoms with Crippen molar-refractivity contribution >= 4 is 17.3 Å². The van der Waals surface area contributed by atoms with Gasteiger partial charge in [-0.25, -0.2) is 4.68 Å². The van der Waals surface area contributed by atoms with E-state index in [4.69, 9.17) is 0 Å². The van der Waals surface area contributed by atoms with Gasteiger partial charge in [0.05, 0.1) is 11.9 Å². The summed E-state index contributed by atoms with van der Waals surface area (Å²) in [6.07, 6.45) is 6.61. The molecule has 0 atom stereocenters. The third-order valence-corrected chi connectivity index (χ3v) is 6.16. The number of piperazine rings is 1. The van der Waals surface area contributed by atoms with E-state index in [-0.39, 0.29) is 5.91 Å². The first kappa shape index (κ1) is 19.8. The van der Waals surface area contributed by atoms with Crippen LogP contribution in [-0.2, 0) is 0 Å². The molecule has 1 amide bonds. The summed E-state index contributed by atoms with van der Waals surface area (Å²) in [7, 11) is 0. The molecule has 0 spiro atoms. The largest absolute Gasteiger partial charge is 0.369 e. The molecule has 2 aromatic carbocycles. The summed E-state index contributed by atoms with van der Waals surface area (Å²) in [6, 6.07) is 15.7. The van der Waals surface area contributed by atoms with E-state index in [1.807, 2.05) is 60.4 Å². The highest BCUT2D eigenvalue weighted by Crippen LogP contribution is 2.30. The van der Waals surface area contributed by atoms with Crippen molar-refractivity contribution in [2.24, 2.45) is 5.92 Å². The lowest BCUT2D eigenvalue weighted by atomic mass is 10.1. The predicted octanol–water partition coefficient (Wildman–Crippen LogP) is 3.97. The predicted molar refractivity (Wildman–Crippen MR) is 124 cm³/mol. The molecular weight excluding hydrogens is 386 g/mol. The highest BCUT2D eigenvalue weighted by molar-refractivity contribution is 6.04. The van der Waals surface area contributed by atoms with Crippen molar-refractivity contribution in [2.45, 2.75) is 19.8 Å².